The molecule has 130 valence electrons. The van der Waals surface area contributed by atoms with Gasteiger partial charge in [0.1, 0.15) is 5.75 Å². The number of aryl methyl sites for hydroxylation is 2. The number of halogens is 1. The van der Waals surface area contributed by atoms with Crippen molar-refractivity contribution in [3.63, 3.8) is 0 Å². The van der Waals surface area contributed by atoms with Gasteiger partial charge >= 0.3 is 0 Å². The zero-order valence-corrected chi connectivity index (χ0v) is 15.8. The standard InChI is InChI=1S/C20H21BrN2O2/c1-2-14-10-11-19(17(21)12-14)25-13-20(24)23-22-18-9-5-7-15-6-3-4-8-16(15)18/h3-4,6,8,10-12H,2,5,7,9,13H2,1H3,(H,23,24)/b22-18+. The summed E-state index contributed by atoms with van der Waals surface area (Å²) in [6.45, 7) is 2.03. The molecule has 0 radical (unpaired) electrons. The van der Waals surface area contributed by atoms with Gasteiger partial charge in [-0.2, -0.15) is 5.10 Å². The van der Waals surface area contributed by atoms with Crippen LogP contribution in [0.2, 0.25) is 0 Å². The second-order valence-electron chi connectivity index (χ2n) is 6.01. The highest BCUT2D eigenvalue weighted by atomic mass is 79.9. The van der Waals surface area contributed by atoms with E-state index in [1.807, 2.05) is 30.3 Å². The van der Waals surface area contributed by atoms with E-state index in [0.29, 0.717) is 5.75 Å². The van der Waals surface area contributed by atoms with Crippen LogP contribution in [0, 0.1) is 0 Å². The molecule has 0 unspecified atom stereocenters. The molecule has 2 aromatic carbocycles. The minimum absolute atomic E-state index is 0.0670. The van der Waals surface area contributed by atoms with Crippen molar-refractivity contribution >= 4 is 27.5 Å². The number of nitrogens with zero attached hydrogens (tertiary/aromatic N) is 1. The molecule has 5 heteroatoms. The molecular weight excluding hydrogens is 380 g/mol. The van der Waals surface area contributed by atoms with Gasteiger partial charge in [0, 0.05) is 5.56 Å². The maximum absolute atomic E-state index is 12.0. The van der Waals surface area contributed by atoms with E-state index in [-0.39, 0.29) is 12.5 Å². The first-order valence-corrected chi connectivity index (χ1v) is 9.31. The molecular formula is C20H21BrN2O2. The summed E-state index contributed by atoms with van der Waals surface area (Å²) in [6, 6.07) is 14.1. The number of hydrogen-bond donors (Lipinski definition) is 1. The second-order valence-corrected chi connectivity index (χ2v) is 6.87. The van der Waals surface area contributed by atoms with Crippen molar-refractivity contribution in [1.29, 1.82) is 0 Å². The quantitative estimate of drug-likeness (QED) is 0.762. The van der Waals surface area contributed by atoms with Gasteiger partial charge in [-0.25, -0.2) is 5.43 Å². The first kappa shape index (κ1) is 17.7. The Morgan fingerprint density at radius 1 is 1.24 bits per heavy atom. The van der Waals surface area contributed by atoms with Gasteiger partial charge in [0.05, 0.1) is 10.2 Å². The highest BCUT2D eigenvalue weighted by Crippen LogP contribution is 2.26. The van der Waals surface area contributed by atoms with Crippen molar-refractivity contribution in [2.45, 2.75) is 32.6 Å². The van der Waals surface area contributed by atoms with Crippen molar-refractivity contribution in [2.24, 2.45) is 5.10 Å². The third-order valence-electron chi connectivity index (χ3n) is 4.27. The molecule has 0 fully saturated rings. The molecule has 0 saturated heterocycles. The number of rotatable bonds is 5. The topological polar surface area (TPSA) is 50.7 Å². The largest absolute Gasteiger partial charge is 0.483 e. The molecule has 0 heterocycles. The number of amides is 1. The van der Waals surface area contributed by atoms with Crippen LogP contribution in [-0.2, 0) is 17.6 Å². The Balaban J connectivity index is 1.59. The van der Waals surface area contributed by atoms with E-state index in [9.17, 15) is 4.79 Å². The lowest BCUT2D eigenvalue weighted by atomic mass is 9.90. The van der Waals surface area contributed by atoms with Gasteiger partial charge in [-0.1, -0.05) is 37.3 Å². The number of ether oxygens (including phenoxy) is 1. The number of carbonyl (C=O) groups is 1. The van der Waals surface area contributed by atoms with Crippen LogP contribution in [0.5, 0.6) is 5.75 Å². The number of hydrazone groups is 1. The summed E-state index contributed by atoms with van der Waals surface area (Å²) < 4.78 is 6.43. The summed E-state index contributed by atoms with van der Waals surface area (Å²) in [6.07, 6.45) is 3.95. The minimum atomic E-state index is -0.262. The second kappa shape index (κ2) is 8.30. The van der Waals surface area contributed by atoms with Crippen LogP contribution in [0.4, 0.5) is 0 Å². The van der Waals surface area contributed by atoms with Crippen LogP contribution in [0.25, 0.3) is 0 Å². The van der Waals surface area contributed by atoms with E-state index in [1.165, 1.54) is 11.1 Å². The van der Waals surface area contributed by atoms with Crippen LogP contribution in [-0.4, -0.2) is 18.2 Å². The first-order valence-electron chi connectivity index (χ1n) is 8.52. The van der Waals surface area contributed by atoms with Gasteiger partial charge in [-0.3, -0.25) is 4.79 Å². The lowest BCUT2D eigenvalue weighted by molar-refractivity contribution is -0.123. The Morgan fingerprint density at radius 2 is 2.08 bits per heavy atom. The van der Waals surface area contributed by atoms with Gasteiger partial charge < -0.3 is 4.74 Å². The van der Waals surface area contributed by atoms with Gasteiger partial charge in [0.25, 0.3) is 5.91 Å². The zero-order chi connectivity index (χ0) is 17.6. The fourth-order valence-corrected chi connectivity index (χ4v) is 3.44. The first-order chi connectivity index (χ1) is 12.2. The molecule has 4 nitrogen and oxygen atoms in total. The molecule has 2 aromatic rings. The maximum atomic E-state index is 12.0. The highest BCUT2D eigenvalue weighted by molar-refractivity contribution is 9.10. The van der Waals surface area contributed by atoms with Crippen molar-refractivity contribution < 1.29 is 9.53 Å². The van der Waals surface area contributed by atoms with Crippen molar-refractivity contribution in [3.8, 4) is 5.75 Å². The fraction of sp³-hybridized carbons (Fsp3) is 0.300. The van der Waals surface area contributed by atoms with Gasteiger partial charge in [0.15, 0.2) is 6.61 Å². The molecule has 0 bridgehead atoms. The van der Waals surface area contributed by atoms with E-state index < -0.39 is 0 Å². The van der Waals surface area contributed by atoms with E-state index in [4.69, 9.17) is 4.74 Å². The van der Waals surface area contributed by atoms with Crippen molar-refractivity contribution in [2.75, 3.05) is 6.61 Å². The van der Waals surface area contributed by atoms with Crippen LogP contribution in [0.3, 0.4) is 0 Å². The van der Waals surface area contributed by atoms with Crippen molar-refractivity contribution in [1.82, 2.24) is 5.43 Å². The van der Waals surface area contributed by atoms with Crippen LogP contribution in [0.1, 0.15) is 36.5 Å². The third-order valence-corrected chi connectivity index (χ3v) is 4.89. The van der Waals surface area contributed by atoms with Gasteiger partial charge in [-0.05, 0) is 64.9 Å². The number of benzene rings is 2. The Bertz CT molecular complexity index is 802. The third kappa shape index (κ3) is 4.48. The fourth-order valence-electron chi connectivity index (χ4n) is 2.90. The summed E-state index contributed by atoms with van der Waals surface area (Å²) in [7, 11) is 0. The molecule has 0 aromatic heterocycles. The zero-order valence-electron chi connectivity index (χ0n) is 14.2. The summed E-state index contributed by atoms with van der Waals surface area (Å²) in [5, 5.41) is 4.31. The average molecular weight is 401 g/mol. The highest BCUT2D eigenvalue weighted by Gasteiger charge is 2.15. The summed E-state index contributed by atoms with van der Waals surface area (Å²) in [5.74, 6) is 0.394. The van der Waals surface area contributed by atoms with Crippen LogP contribution < -0.4 is 10.2 Å². The van der Waals surface area contributed by atoms with E-state index in [0.717, 1.165) is 41.4 Å². The summed E-state index contributed by atoms with van der Waals surface area (Å²) >= 11 is 3.47. The number of nitrogens with one attached hydrogen (secondary N) is 1. The molecule has 1 aliphatic carbocycles. The van der Waals surface area contributed by atoms with E-state index in [1.54, 1.807) is 0 Å². The lowest BCUT2D eigenvalue weighted by Crippen LogP contribution is -2.27. The number of carbonyl (C=O) groups excluding carboxylic acids is 1. The Kier molecular flexibility index (Phi) is 5.87. The smallest absolute Gasteiger partial charge is 0.277 e. The number of hydrogen-bond acceptors (Lipinski definition) is 3. The Morgan fingerprint density at radius 3 is 2.88 bits per heavy atom. The monoisotopic (exact) mass is 400 g/mol. The molecule has 25 heavy (non-hydrogen) atoms. The SMILES string of the molecule is CCc1ccc(OCC(=O)N/N=C2\CCCc3ccccc32)c(Br)c1. The molecule has 0 spiro atoms. The molecule has 1 amide bonds. The molecule has 0 aliphatic heterocycles. The number of fused-ring (bicyclic) bond motifs is 1. The van der Waals surface area contributed by atoms with Crippen LogP contribution in [0.15, 0.2) is 52.0 Å². The normalized spacial score (nSPS) is 14.9. The Labute approximate surface area is 156 Å². The predicted molar refractivity (Wildman–Crippen MR) is 103 cm³/mol. The van der Waals surface area contributed by atoms with E-state index in [2.05, 4.69) is 45.5 Å². The average Bonchev–Trinajstić information content (AvgIpc) is 2.65. The van der Waals surface area contributed by atoms with E-state index >= 15 is 0 Å². The van der Waals surface area contributed by atoms with Gasteiger partial charge in [-0.15, -0.1) is 0 Å². The maximum Gasteiger partial charge on any atom is 0.277 e. The molecule has 1 aliphatic rings. The molecule has 0 atom stereocenters. The summed E-state index contributed by atoms with van der Waals surface area (Å²) in [4.78, 5) is 12.0. The molecule has 1 N–H and O–H groups in total. The van der Waals surface area contributed by atoms with Crippen LogP contribution >= 0.6 is 15.9 Å². The lowest BCUT2D eigenvalue weighted by Gasteiger charge is -2.17. The molecule has 3 rings (SSSR count). The summed E-state index contributed by atoms with van der Waals surface area (Å²) in [5.41, 5.74) is 7.18. The minimum Gasteiger partial charge on any atom is -0.483 e. The van der Waals surface area contributed by atoms with Gasteiger partial charge in [0.2, 0.25) is 0 Å². The predicted octanol–water partition coefficient (Wildman–Crippen LogP) is 4.25. The Hall–Kier alpha value is -2.14. The van der Waals surface area contributed by atoms with Crippen molar-refractivity contribution in [3.05, 3.63) is 63.6 Å². The molecule has 0 saturated carbocycles.